The SMILES string of the molecule is CC(=O)NC1CSSCC(C(N)=O)NC(=O)CNC(=O)CNC(=O)C(Cc2cccc3ccccc23)NC(=O)CNC1=O.CCCN=C(N)N.Cc1c[nH]c2ccccc12. The number of nitrogens with zero attached hydrogens (tertiary/aromatic N) is 1. The summed E-state index contributed by atoms with van der Waals surface area (Å²) in [5, 5.41) is 18.0. The second-order valence-corrected chi connectivity index (χ2v) is 15.9. The highest BCUT2D eigenvalue weighted by Gasteiger charge is 2.26. The molecule has 60 heavy (non-hydrogen) atoms. The number of carbonyl (C=O) groups is 7. The summed E-state index contributed by atoms with van der Waals surface area (Å²) in [5.74, 6) is -4.31. The van der Waals surface area contributed by atoms with E-state index in [1.165, 1.54) is 23.4 Å². The maximum absolute atomic E-state index is 13.2. The van der Waals surface area contributed by atoms with Crippen molar-refractivity contribution in [2.24, 2.45) is 22.2 Å². The van der Waals surface area contributed by atoms with Crippen molar-refractivity contribution in [2.45, 2.75) is 51.7 Å². The van der Waals surface area contributed by atoms with E-state index in [-0.39, 0.29) is 23.9 Å². The molecule has 13 N–H and O–H groups in total. The Morgan fingerprint density at radius 2 is 1.38 bits per heavy atom. The number of H-pyrrole nitrogens is 1. The number of aliphatic imine (C=N–C) groups is 1. The minimum atomic E-state index is -1.12. The number of primary amides is 1. The number of carbonyl (C=O) groups excluding carboxylic acids is 7. The molecule has 3 unspecified atom stereocenters. The Balaban J connectivity index is 0.000000462. The standard InChI is InChI=1S/C27H33N7O7S2.C9H9N.C4H11N3/c1-15(35)32-21-14-43-42-13-20(25(28)39)34-23(37)11-29-22(36)10-30-26(40)19(33-24(38)12-31-27(21)41)9-17-7-4-6-16-5-2-3-8-18(16)17;1-7-6-10-9-5-3-2-4-8(7)9;1-2-3-7-4(5)6/h2-8,19-21H,9-14H2,1H3,(H2,28,39)(H,29,36)(H,30,40)(H,31,41)(H,32,35)(H,33,38)(H,34,37);2-6,10H,1H3;2-3H2,1H3,(H4,5,6,7). The number of hydrogen-bond acceptors (Lipinski definition) is 10. The number of nitrogens with one attached hydrogen (secondary N) is 7. The van der Waals surface area contributed by atoms with Crippen molar-refractivity contribution in [3.8, 4) is 0 Å². The molecule has 0 bridgehead atoms. The van der Waals surface area contributed by atoms with Crippen LogP contribution in [-0.4, -0.2) is 108 Å². The molecule has 4 aromatic rings. The van der Waals surface area contributed by atoms with Gasteiger partial charge in [0.15, 0.2) is 5.96 Å². The van der Waals surface area contributed by atoms with Crippen LogP contribution in [0.4, 0.5) is 0 Å². The number of amides is 7. The van der Waals surface area contributed by atoms with Gasteiger partial charge in [0.1, 0.15) is 18.1 Å². The normalized spacial score (nSPS) is 18.3. The summed E-state index contributed by atoms with van der Waals surface area (Å²) in [6.07, 6.45) is 3.11. The Bertz CT molecular complexity index is 2140. The van der Waals surface area contributed by atoms with E-state index in [1.807, 2.05) is 61.7 Å². The molecule has 18 nitrogen and oxygen atoms in total. The molecular weight excluding hydrogens is 811 g/mol. The zero-order valence-electron chi connectivity index (χ0n) is 33.7. The number of fused-ring (bicyclic) bond motifs is 2. The molecule has 1 aliphatic rings. The molecule has 322 valence electrons. The van der Waals surface area contributed by atoms with E-state index in [0.29, 0.717) is 0 Å². The molecule has 20 heteroatoms. The Hall–Kier alpha value is -6.28. The summed E-state index contributed by atoms with van der Waals surface area (Å²) in [7, 11) is 2.27. The lowest BCUT2D eigenvalue weighted by Crippen LogP contribution is -2.54. The molecule has 1 aromatic heterocycles. The summed E-state index contributed by atoms with van der Waals surface area (Å²) >= 11 is 0. The van der Waals surface area contributed by atoms with Gasteiger partial charge in [0, 0.05) is 48.5 Å². The molecule has 0 saturated carbocycles. The Kier molecular flexibility index (Phi) is 20.2. The van der Waals surface area contributed by atoms with Crippen molar-refractivity contribution in [1.29, 1.82) is 0 Å². The average molecular weight is 864 g/mol. The molecule has 0 aliphatic carbocycles. The summed E-state index contributed by atoms with van der Waals surface area (Å²) < 4.78 is 0. The molecule has 7 amide bonds. The highest BCUT2D eigenvalue weighted by Crippen LogP contribution is 2.23. The molecule has 3 aromatic carbocycles. The van der Waals surface area contributed by atoms with Crippen LogP contribution in [0.1, 0.15) is 31.4 Å². The van der Waals surface area contributed by atoms with E-state index in [4.69, 9.17) is 17.2 Å². The van der Waals surface area contributed by atoms with Crippen molar-refractivity contribution in [3.05, 3.63) is 84.1 Å². The third-order valence-electron chi connectivity index (χ3n) is 8.49. The van der Waals surface area contributed by atoms with Gasteiger partial charge >= 0.3 is 0 Å². The van der Waals surface area contributed by atoms with Crippen molar-refractivity contribution in [1.82, 2.24) is 36.9 Å². The first-order valence-corrected chi connectivity index (χ1v) is 21.4. The predicted molar refractivity (Wildman–Crippen MR) is 236 cm³/mol. The van der Waals surface area contributed by atoms with E-state index < -0.39 is 79.1 Å². The lowest BCUT2D eigenvalue weighted by molar-refractivity contribution is -0.131. The Morgan fingerprint density at radius 1 is 0.767 bits per heavy atom. The zero-order valence-corrected chi connectivity index (χ0v) is 35.3. The van der Waals surface area contributed by atoms with Gasteiger partial charge in [0.2, 0.25) is 41.4 Å². The van der Waals surface area contributed by atoms with E-state index in [1.54, 1.807) is 0 Å². The second kappa shape index (κ2) is 25.3. The summed E-state index contributed by atoms with van der Waals surface area (Å²) in [5.41, 5.74) is 18.7. The van der Waals surface area contributed by atoms with E-state index >= 15 is 0 Å². The Morgan fingerprint density at radius 3 is 2.05 bits per heavy atom. The number of aromatic amines is 1. The monoisotopic (exact) mass is 863 g/mol. The van der Waals surface area contributed by atoms with Crippen molar-refractivity contribution < 1.29 is 33.6 Å². The fraction of sp³-hybridized carbons (Fsp3) is 0.350. The fourth-order valence-electron chi connectivity index (χ4n) is 5.53. The van der Waals surface area contributed by atoms with Gasteiger partial charge in [-0.15, -0.1) is 0 Å². The zero-order chi connectivity index (χ0) is 44.0. The van der Waals surface area contributed by atoms with Crippen molar-refractivity contribution in [2.75, 3.05) is 37.7 Å². The first kappa shape index (κ1) is 48.1. The molecule has 2 heterocycles. The molecule has 5 rings (SSSR count). The topological polar surface area (TPSA) is 298 Å². The van der Waals surface area contributed by atoms with E-state index in [0.717, 1.165) is 50.9 Å². The minimum Gasteiger partial charge on any atom is -0.370 e. The van der Waals surface area contributed by atoms with Crippen LogP contribution in [0, 0.1) is 6.92 Å². The minimum absolute atomic E-state index is 0.0463. The van der Waals surface area contributed by atoms with Gasteiger partial charge in [-0.1, -0.05) is 89.2 Å². The van der Waals surface area contributed by atoms with Crippen LogP contribution >= 0.6 is 21.6 Å². The number of rotatable bonds is 6. The number of aromatic nitrogens is 1. The summed E-state index contributed by atoms with van der Waals surface area (Å²) in [4.78, 5) is 93.9. The molecule has 0 spiro atoms. The summed E-state index contributed by atoms with van der Waals surface area (Å²) in [6.45, 7) is 4.66. The lowest BCUT2D eigenvalue weighted by atomic mass is 9.98. The number of hydrogen-bond donors (Lipinski definition) is 10. The van der Waals surface area contributed by atoms with E-state index in [2.05, 4.69) is 67.0 Å². The lowest BCUT2D eigenvalue weighted by Gasteiger charge is -2.21. The highest BCUT2D eigenvalue weighted by molar-refractivity contribution is 8.76. The maximum atomic E-state index is 13.2. The number of nitrogens with two attached hydrogens (primary N) is 3. The third kappa shape index (κ3) is 16.9. The molecule has 1 aliphatic heterocycles. The first-order chi connectivity index (χ1) is 28.7. The number of para-hydroxylation sites is 1. The van der Waals surface area contributed by atoms with Crippen LogP contribution in [0.25, 0.3) is 21.7 Å². The quantitative estimate of drug-likeness (QED) is 0.0711. The molecular formula is C40H53N11O7S2. The molecule has 0 radical (unpaired) electrons. The first-order valence-electron chi connectivity index (χ1n) is 18.9. The Labute approximate surface area is 355 Å². The highest BCUT2D eigenvalue weighted by atomic mass is 33.1. The van der Waals surface area contributed by atoms with Crippen LogP contribution in [0.3, 0.4) is 0 Å². The van der Waals surface area contributed by atoms with Gasteiger partial charge in [-0.2, -0.15) is 0 Å². The average Bonchev–Trinajstić information content (AvgIpc) is 3.60. The number of guanidine groups is 1. The molecule has 1 fully saturated rings. The van der Waals surface area contributed by atoms with Gasteiger partial charge in [-0.25, -0.2) is 0 Å². The van der Waals surface area contributed by atoms with Gasteiger partial charge < -0.3 is 54.1 Å². The van der Waals surface area contributed by atoms with Gasteiger partial charge in [-0.3, -0.25) is 38.6 Å². The van der Waals surface area contributed by atoms with Crippen LogP contribution in [0.5, 0.6) is 0 Å². The van der Waals surface area contributed by atoms with Crippen molar-refractivity contribution in [3.63, 3.8) is 0 Å². The predicted octanol–water partition coefficient (Wildman–Crippen LogP) is 0.232. The van der Waals surface area contributed by atoms with Gasteiger partial charge in [-0.05, 0) is 41.3 Å². The molecule has 1 saturated heterocycles. The number of aryl methyl sites for hydroxylation is 1. The molecule has 3 atom stereocenters. The van der Waals surface area contributed by atoms with Crippen LogP contribution in [-0.2, 0) is 40.0 Å². The smallest absolute Gasteiger partial charge is 0.243 e. The van der Waals surface area contributed by atoms with Gasteiger partial charge in [0.25, 0.3) is 0 Å². The number of benzene rings is 3. The second-order valence-electron chi connectivity index (χ2n) is 13.3. The summed E-state index contributed by atoms with van der Waals surface area (Å²) in [6, 6.07) is 18.2. The van der Waals surface area contributed by atoms with Crippen LogP contribution < -0.4 is 49.1 Å². The maximum Gasteiger partial charge on any atom is 0.243 e. The largest absolute Gasteiger partial charge is 0.370 e. The van der Waals surface area contributed by atoms with Crippen LogP contribution in [0.15, 0.2) is 77.9 Å². The van der Waals surface area contributed by atoms with E-state index in [9.17, 15) is 33.6 Å². The van der Waals surface area contributed by atoms with Crippen LogP contribution in [0.2, 0.25) is 0 Å². The third-order valence-corrected chi connectivity index (χ3v) is 10.9. The van der Waals surface area contributed by atoms with Crippen molar-refractivity contribution >= 4 is 90.6 Å². The van der Waals surface area contributed by atoms with Gasteiger partial charge in [0.05, 0.1) is 19.6 Å². The fourth-order valence-corrected chi connectivity index (χ4v) is 7.87.